The molecule has 2 aromatic rings. The van der Waals surface area contributed by atoms with Crippen LogP contribution in [0.1, 0.15) is 0 Å². The first-order valence-corrected chi connectivity index (χ1v) is 3.77. The fourth-order valence-electron chi connectivity index (χ4n) is 0.957. The number of nitrogens with zero attached hydrogens (tertiary/aromatic N) is 3. The minimum Gasteiger partial charge on any atom is -0.481 e. The number of H-pyrrole nitrogens is 1. The summed E-state index contributed by atoms with van der Waals surface area (Å²) in [6.07, 6.45) is 5.00. The highest BCUT2D eigenvalue weighted by Gasteiger charge is 2.03. The molecule has 0 atom stereocenters. The van der Waals surface area contributed by atoms with Crippen LogP contribution in [-0.2, 0) is 0 Å². The quantitative estimate of drug-likeness (QED) is 0.737. The van der Waals surface area contributed by atoms with E-state index >= 15 is 0 Å². The number of nitrogens with one attached hydrogen (secondary N) is 1. The van der Waals surface area contributed by atoms with Crippen molar-refractivity contribution in [3.05, 3.63) is 24.7 Å². The maximum atomic E-state index is 4.96. The molecule has 0 saturated carbocycles. The van der Waals surface area contributed by atoms with Gasteiger partial charge in [0, 0.05) is 24.7 Å². The molecule has 0 fully saturated rings. The lowest BCUT2D eigenvalue weighted by molar-refractivity contribution is 0.397. The number of methoxy groups -OCH3 is 1. The second-order valence-corrected chi connectivity index (χ2v) is 2.36. The van der Waals surface area contributed by atoms with Crippen molar-refractivity contribution in [1.82, 2.24) is 19.9 Å². The van der Waals surface area contributed by atoms with Gasteiger partial charge in [-0.3, -0.25) is 0 Å². The Morgan fingerprint density at radius 1 is 1.31 bits per heavy atom. The van der Waals surface area contributed by atoms with Gasteiger partial charge in [-0.2, -0.15) is 4.98 Å². The summed E-state index contributed by atoms with van der Waals surface area (Å²) < 4.78 is 4.96. The zero-order valence-corrected chi connectivity index (χ0v) is 7.06. The third-order valence-corrected chi connectivity index (χ3v) is 1.55. The van der Waals surface area contributed by atoms with Gasteiger partial charge in [-0.25, -0.2) is 9.97 Å². The maximum Gasteiger partial charge on any atom is 0.216 e. The lowest BCUT2D eigenvalue weighted by Crippen LogP contribution is -1.93. The van der Waals surface area contributed by atoms with Gasteiger partial charge in [-0.15, -0.1) is 0 Å². The molecule has 5 nitrogen and oxygen atoms in total. The van der Waals surface area contributed by atoms with Crippen molar-refractivity contribution < 1.29 is 4.74 Å². The van der Waals surface area contributed by atoms with Gasteiger partial charge >= 0.3 is 0 Å². The largest absolute Gasteiger partial charge is 0.481 e. The molecule has 0 aromatic carbocycles. The highest BCUT2D eigenvalue weighted by Crippen LogP contribution is 2.11. The Balaban J connectivity index is 2.41. The molecule has 1 N–H and O–H groups in total. The van der Waals surface area contributed by atoms with Gasteiger partial charge in [0.1, 0.15) is 0 Å². The van der Waals surface area contributed by atoms with Gasteiger partial charge in [0.05, 0.1) is 7.11 Å². The van der Waals surface area contributed by atoms with Crippen molar-refractivity contribution in [2.75, 3.05) is 7.11 Å². The molecule has 5 heteroatoms. The second kappa shape index (κ2) is 3.22. The normalized spacial score (nSPS) is 9.92. The summed E-state index contributed by atoms with van der Waals surface area (Å²) in [5.74, 6) is 1.70. The van der Waals surface area contributed by atoms with Crippen LogP contribution in [0.15, 0.2) is 24.7 Å². The fourth-order valence-corrected chi connectivity index (χ4v) is 0.957. The van der Waals surface area contributed by atoms with E-state index in [0.717, 1.165) is 0 Å². The number of imidazole rings is 1. The molecule has 0 amide bonds. The van der Waals surface area contributed by atoms with Gasteiger partial charge in [-0.1, -0.05) is 0 Å². The van der Waals surface area contributed by atoms with Crippen LogP contribution >= 0.6 is 0 Å². The number of aromatic nitrogens is 4. The average molecular weight is 176 g/mol. The Labute approximate surface area is 74.8 Å². The molecule has 0 bridgehead atoms. The topological polar surface area (TPSA) is 63.7 Å². The maximum absolute atomic E-state index is 4.96. The zero-order chi connectivity index (χ0) is 9.10. The summed E-state index contributed by atoms with van der Waals surface area (Å²) >= 11 is 0. The van der Waals surface area contributed by atoms with E-state index in [-0.39, 0.29) is 0 Å². The molecule has 0 aliphatic heterocycles. The number of hydrogen-bond donors (Lipinski definition) is 1. The molecule has 0 aliphatic rings. The van der Waals surface area contributed by atoms with Gasteiger partial charge < -0.3 is 9.72 Å². The van der Waals surface area contributed by atoms with Crippen LogP contribution in [0.4, 0.5) is 0 Å². The Morgan fingerprint density at radius 2 is 2.23 bits per heavy atom. The minimum absolute atomic E-state index is 0.529. The smallest absolute Gasteiger partial charge is 0.216 e. The molecular weight excluding hydrogens is 168 g/mol. The van der Waals surface area contributed by atoms with Gasteiger partial charge in [0.15, 0.2) is 11.6 Å². The van der Waals surface area contributed by atoms with Gasteiger partial charge in [-0.05, 0) is 0 Å². The van der Waals surface area contributed by atoms with Crippen molar-refractivity contribution in [3.63, 3.8) is 0 Å². The van der Waals surface area contributed by atoms with Crippen molar-refractivity contribution in [1.29, 1.82) is 0 Å². The minimum atomic E-state index is 0.529. The highest BCUT2D eigenvalue weighted by molar-refractivity contribution is 5.42. The van der Waals surface area contributed by atoms with E-state index in [2.05, 4.69) is 19.9 Å². The molecule has 2 rings (SSSR count). The average Bonchev–Trinajstić information content (AvgIpc) is 2.71. The predicted molar refractivity (Wildman–Crippen MR) is 46.2 cm³/mol. The number of hydrogen-bond acceptors (Lipinski definition) is 4. The lowest BCUT2D eigenvalue weighted by atomic mass is 10.5. The van der Waals surface area contributed by atoms with Crippen LogP contribution in [-0.4, -0.2) is 27.0 Å². The summed E-state index contributed by atoms with van der Waals surface area (Å²) in [5.41, 5.74) is 0. The fraction of sp³-hybridized carbons (Fsp3) is 0.125. The van der Waals surface area contributed by atoms with Crippen LogP contribution in [0, 0.1) is 0 Å². The lowest BCUT2D eigenvalue weighted by Gasteiger charge is -1.98. The van der Waals surface area contributed by atoms with Crippen LogP contribution in [0.25, 0.3) is 11.6 Å². The summed E-state index contributed by atoms with van der Waals surface area (Å²) in [6.45, 7) is 0. The molecule has 0 unspecified atom stereocenters. The van der Waals surface area contributed by atoms with E-state index in [1.807, 2.05) is 0 Å². The van der Waals surface area contributed by atoms with Crippen LogP contribution in [0.2, 0.25) is 0 Å². The first-order chi connectivity index (χ1) is 6.40. The van der Waals surface area contributed by atoms with Crippen LogP contribution < -0.4 is 4.74 Å². The van der Waals surface area contributed by atoms with Crippen molar-refractivity contribution in [2.24, 2.45) is 0 Å². The zero-order valence-electron chi connectivity index (χ0n) is 7.06. The van der Waals surface area contributed by atoms with E-state index in [4.69, 9.17) is 4.74 Å². The first kappa shape index (κ1) is 7.72. The first-order valence-electron chi connectivity index (χ1n) is 3.77. The van der Waals surface area contributed by atoms with E-state index < -0.39 is 0 Å². The molecule has 2 heterocycles. The Kier molecular flexibility index (Phi) is 1.91. The molecular formula is C8H8N4O. The molecule has 0 spiro atoms. The van der Waals surface area contributed by atoms with E-state index in [9.17, 15) is 0 Å². The van der Waals surface area contributed by atoms with Crippen molar-refractivity contribution in [3.8, 4) is 17.5 Å². The Morgan fingerprint density at radius 3 is 2.92 bits per heavy atom. The summed E-state index contributed by atoms with van der Waals surface area (Å²) in [6, 6.07) is 1.69. The standard InChI is InChI=1S/C8H8N4O/c1-13-6-2-3-9-8(12-6)7-10-4-5-11-7/h2-5H,1H3,(H,10,11). The SMILES string of the molecule is COc1ccnc(-c2ncc[nH]2)n1. The molecule has 66 valence electrons. The van der Waals surface area contributed by atoms with E-state index in [1.165, 1.54) is 0 Å². The summed E-state index contributed by atoms with van der Waals surface area (Å²) in [5, 5.41) is 0. The van der Waals surface area contributed by atoms with Crippen LogP contribution in [0.3, 0.4) is 0 Å². The third kappa shape index (κ3) is 1.48. The van der Waals surface area contributed by atoms with Crippen LogP contribution in [0.5, 0.6) is 5.88 Å². The molecule has 2 aromatic heterocycles. The van der Waals surface area contributed by atoms with Crippen molar-refractivity contribution >= 4 is 0 Å². The monoisotopic (exact) mass is 176 g/mol. The highest BCUT2D eigenvalue weighted by atomic mass is 16.5. The van der Waals surface area contributed by atoms with E-state index in [1.54, 1.807) is 31.8 Å². The number of ether oxygens (including phenoxy) is 1. The molecule has 0 saturated heterocycles. The number of rotatable bonds is 2. The summed E-state index contributed by atoms with van der Waals surface area (Å²) in [4.78, 5) is 15.1. The van der Waals surface area contributed by atoms with E-state index in [0.29, 0.717) is 17.5 Å². The summed E-state index contributed by atoms with van der Waals surface area (Å²) in [7, 11) is 1.56. The predicted octanol–water partition coefficient (Wildman–Crippen LogP) is 0.875. The Bertz CT molecular complexity index is 385. The molecule has 13 heavy (non-hydrogen) atoms. The molecule has 0 aliphatic carbocycles. The van der Waals surface area contributed by atoms with Gasteiger partial charge in [0.2, 0.25) is 5.88 Å². The molecule has 0 radical (unpaired) electrons. The van der Waals surface area contributed by atoms with Gasteiger partial charge in [0.25, 0.3) is 0 Å². The Hall–Kier alpha value is -1.91. The van der Waals surface area contributed by atoms with Crippen molar-refractivity contribution in [2.45, 2.75) is 0 Å². The third-order valence-electron chi connectivity index (χ3n) is 1.55. The second-order valence-electron chi connectivity index (χ2n) is 2.36. The number of aromatic amines is 1.